The summed E-state index contributed by atoms with van der Waals surface area (Å²) in [6, 6.07) is 16.2. The minimum atomic E-state index is -0.130. The Bertz CT molecular complexity index is 715. The highest BCUT2D eigenvalue weighted by molar-refractivity contribution is 5.92. The molecule has 0 saturated heterocycles. The van der Waals surface area contributed by atoms with Crippen LogP contribution in [0, 0.1) is 0 Å². The van der Waals surface area contributed by atoms with Crippen LogP contribution in [0.4, 0.5) is 5.69 Å². The van der Waals surface area contributed by atoms with Crippen LogP contribution in [-0.4, -0.2) is 12.5 Å². The van der Waals surface area contributed by atoms with Crippen molar-refractivity contribution in [2.24, 2.45) is 0 Å². The predicted molar refractivity (Wildman–Crippen MR) is 107 cm³/mol. The minimum absolute atomic E-state index is 0.0230. The number of carbonyl (C=O) groups is 1. The van der Waals surface area contributed by atoms with E-state index in [9.17, 15) is 4.79 Å². The van der Waals surface area contributed by atoms with E-state index in [2.05, 4.69) is 31.3 Å². The summed E-state index contributed by atoms with van der Waals surface area (Å²) in [5.74, 6) is 1.67. The van der Waals surface area contributed by atoms with E-state index in [0.29, 0.717) is 11.8 Å². The van der Waals surface area contributed by atoms with Crippen LogP contribution < -0.4 is 10.1 Å². The summed E-state index contributed by atoms with van der Waals surface area (Å²) in [5, 5.41) is 2.96. The lowest BCUT2D eigenvalue weighted by atomic mass is 9.84. The highest BCUT2D eigenvalue weighted by Gasteiger charge is 2.15. The van der Waals surface area contributed by atoms with Crippen molar-refractivity contribution in [1.82, 2.24) is 0 Å². The molecule has 26 heavy (non-hydrogen) atoms. The van der Waals surface area contributed by atoms with Crippen LogP contribution in [0.3, 0.4) is 0 Å². The number of anilines is 1. The van der Waals surface area contributed by atoms with E-state index in [0.717, 1.165) is 17.0 Å². The van der Waals surface area contributed by atoms with Gasteiger partial charge in [0, 0.05) is 5.69 Å². The number of nitrogens with one attached hydrogen (secondary N) is 1. The maximum Gasteiger partial charge on any atom is 0.262 e. The molecule has 2 aromatic rings. The molecule has 0 atom stereocenters. The number of benzene rings is 2. The molecule has 1 aliphatic rings. The smallest absolute Gasteiger partial charge is 0.262 e. The zero-order valence-corrected chi connectivity index (χ0v) is 15.8. The average Bonchev–Trinajstić information content (AvgIpc) is 2.68. The number of rotatable bonds is 6. The molecular weight excluding hydrogens is 322 g/mol. The highest BCUT2D eigenvalue weighted by atomic mass is 16.5. The first kappa shape index (κ1) is 18.5. The van der Waals surface area contributed by atoms with Crippen molar-refractivity contribution in [2.75, 3.05) is 11.9 Å². The molecule has 0 spiro atoms. The van der Waals surface area contributed by atoms with E-state index in [1.165, 1.54) is 37.7 Å². The molecule has 138 valence electrons. The van der Waals surface area contributed by atoms with Crippen molar-refractivity contribution in [3.05, 3.63) is 59.7 Å². The van der Waals surface area contributed by atoms with E-state index in [1.807, 2.05) is 36.4 Å². The van der Waals surface area contributed by atoms with Crippen molar-refractivity contribution in [1.29, 1.82) is 0 Å². The van der Waals surface area contributed by atoms with Crippen LogP contribution in [0.1, 0.15) is 68.9 Å². The Balaban J connectivity index is 1.53. The van der Waals surface area contributed by atoms with Crippen LogP contribution in [0.5, 0.6) is 5.75 Å². The first-order valence-corrected chi connectivity index (χ1v) is 9.75. The van der Waals surface area contributed by atoms with Gasteiger partial charge in [-0.2, -0.15) is 0 Å². The molecule has 2 aromatic carbocycles. The van der Waals surface area contributed by atoms with Gasteiger partial charge in [-0.3, -0.25) is 4.79 Å². The molecule has 0 aromatic heterocycles. The van der Waals surface area contributed by atoms with Gasteiger partial charge in [0.1, 0.15) is 5.75 Å². The van der Waals surface area contributed by atoms with E-state index in [1.54, 1.807) is 0 Å². The quantitative estimate of drug-likeness (QED) is 0.706. The first-order valence-electron chi connectivity index (χ1n) is 9.75. The second kappa shape index (κ2) is 8.88. The van der Waals surface area contributed by atoms with Gasteiger partial charge in [-0.25, -0.2) is 0 Å². The molecule has 3 rings (SSSR count). The first-order chi connectivity index (χ1) is 12.6. The molecule has 0 radical (unpaired) electrons. The Kier molecular flexibility index (Phi) is 6.32. The van der Waals surface area contributed by atoms with Crippen molar-refractivity contribution in [2.45, 2.75) is 57.8 Å². The summed E-state index contributed by atoms with van der Waals surface area (Å²) in [5.41, 5.74) is 3.40. The molecule has 0 bridgehead atoms. The molecule has 1 N–H and O–H groups in total. The zero-order valence-electron chi connectivity index (χ0n) is 15.8. The van der Waals surface area contributed by atoms with Gasteiger partial charge >= 0.3 is 0 Å². The van der Waals surface area contributed by atoms with Gasteiger partial charge in [-0.15, -0.1) is 0 Å². The fourth-order valence-electron chi connectivity index (χ4n) is 3.72. The molecular formula is C23H29NO2. The fourth-order valence-corrected chi connectivity index (χ4v) is 3.72. The number of para-hydroxylation sites is 1. The van der Waals surface area contributed by atoms with E-state index < -0.39 is 0 Å². The lowest BCUT2D eigenvalue weighted by Gasteiger charge is -2.22. The minimum Gasteiger partial charge on any atom is -0.484 e. The van der Waals surface area contributed by atoms with Crippen molar-refractivity contribution in [3.8, 4) is 5.75 Å². The summed E-state index contributed by atoms with van der Waals surface area (Å²) in [6.45, 7) is 4.26. The van der Waals surface area contributed by atoms with Crippen LogP contribution in [0.2, 0.25) is 0 Å². The Labute approximate surface area is 156 Å². The van der Waals surface area contributed by atoms with Crippen molar-refractivity contribution in [3.63, 3.8) is 0 Å². The molecule has 0 heterocycles. The molecule has 3 nitrogen and oxygen atoms in total. The monoisotopic (exact) mass is 351 g/mol. The zero-order chi connectivity index (χ0) is 18.4. The number of amides is 1. The standard InChI is InChI=1S/C23H29NO2/c1-17(2)21-10-6-7-11-22(21)24-23(25)16-26-20-14-12-19(13-15-20)18-8-4-3-5-9-18/h6-7,10-15,17-18H,3-5,8-9,16H2,1-2H3,(H,24,25). The Morgan fingerprint density at radius 2 is 1.73 bits per heavy atom. The molecule has 1 aliphatic carbocycles. The third kappa shape index (κ3) is 4.87. The normalized spacial score (nSPS) is 15.0. The van der Waals surface area contributed by atoms with Crippen LogP contribution >= 0.6 is 0 Å². The highest BCUT2D eigenvalue weighted by Crippen LogP contribution is 2.33. The fraction of sp³-hybridized carbons (Fsp3) is 0.435. The van der Waals surface area contributed by atoms with Gasteiger partial charge in [0.2, 0.25) is 0 Å². The Morgan fingerprint density at radius 3 is 2.42 bits per heavy atom. The molecule has 3 heteroatoms. The van der Waals surface area contributed by atoms with Crippen molar-refractivity contribution >= 4 is 11.6 Å². The van der Waals surface area contributed by atoms with Gasteiger partial charge in [-0.05, 0) is 54.0 Å². The average molecular weight is 351 g/mol. The van der Waals surface area contributed by atoms with Crippen LogP contribution in [-0.2, 0) is 4.79 Å². The second-order valence-electron chi connectivity index (χ2n) is 7.48. The summed E-state index contributed by atoms with van der Waals surface area (Å²) >= 11 is 0. The molecule has 1 saturated carbocycles. The third-order valence-electron chi connectivity index (χ3n) is 5.18. The van der Waals surface area contributed by atoms with Gasteiger partial charge < -0.3 is 10.1 Å². The van der Waals surface area contributed by atoms with Crippen LogP contribution in [0.25, 0.3) is 0 Å². The van der Waals surface area contributed by atoms with E-state index in [-0.39, 0.29) is 12.5 Å². The van der Waals surface area contributed by atoms with E-state index >= 15 is 0 Å². The molecule has 0 unspecified atom stereocenters. The number of carbonyl (C=O) groups excluding carboxylic acids is 1. The SMILES string of the molecule is CC(C)c1ccccc1NC(=O)COc1ccc(C2CCCCC2)cc1. The van der Waals surface area contributed by atoms with Gasteiger partial charge in [0.15, 0.2) is 6.61 Å². The summed E-state index contributed by atoms with van der Waals surface area (Å²) in [4.78, 5) is 12.2. The van der Waals surface area contributed by atoms with E-state index in [4.69, 9.17) is 4.74 Å². The molecule has 0 aliphatic heterocycles. The predicted octanol–water partition coefficient (Wildman–Crippen LogP) is 5.88. The lowest BCUT2D eigenvalue weighted by molar-refractivity contribution is -0.118. The van der Waals surface area contributed by atoms with Crippen LogP contribution in [0.15, 0.2) is 48.5 Å². The summed E-state index contributed by atoms with van der Waals surface area (Å²) in [7, 11) is 0. The largest absolute Gasteiger partial charge is 0.484 e. The third-order valence-corrected chi connectivity index (χ3v) is 5.18. The number of ether oxygens (including phenoxy) is 1. The Morgan fingerprint density at radius 1 is 1.04 bits per heavy atom. The lowest BCUT2D eigenvalue weighted by Crippen LogP contribution is -2.21. The molecule has 1 amide bonds. The van der Waals surface area contributed by atoms with Gasteiger partial charge in [0.25, 0.3) is 5.91 Å². The number of hydrogen-bond acceptors (Lipinski definition) is 2. The topological polar surface area (TPSA) is 38.3 Å². The molecule has 1 fully saturated rings. The van der Waals surface area contributed by atoms with Gasteiger partial charge in [-0.1, -0.05) is 63.4 Å². The second-order valence-corrected chi connectivity index (χ2v) is 7.48. The summed E-state index contributed by atoms with van der Waals surface area (Å²) < 4.78 is 5.67. The van der Waals surface area contributed by atoms with Crippen molar-refractivity contribution < 1.29 is 9.53 Å². The maximum atomic E-state index is 12.2. The summed E-state index contributed by atoms with van der Waals surface area (Å²) in [6.07, 6.45) is 6.62. The number of hydrogen-bond donors (Lipinski definition) is 1. The van der Waals surface area contributed by atoms with Gasteiger partial charge in [0.05, 0.1) is 0 Å². The maximum absolute atomic E-state index is 12.2. The Hall–Kier alpha value is -2.29.